The average molecular weight is 397 g/mol. The van der Waals surface area contributed by atoms with Crippen LogP contribution in [0.25, 0.3) is 0 Å². The Morgan fingerprint density at radius 3 is 2.74 bits per heavy atom. The van der Waals surface area contributed by atoms with E-state index in [1.807, 2.05) is 0 Å². The zero-order valence-electron chi connectivity index (χ0n) is 15.0. The molecule has 2 N–H and O–H groups in total. The van der Waals surface area contributed by atoms with Crippen molar-refractivity contribution < 1.29 is 18.7 Å². The molecule has 1 aliphatic heterocycles. The number of nitrogens with zero attached hydrogens (tertiary/aromatic N) is 3. The summed E-state index contributed by atoms with van der Waals surface area (Å²) in [5.74, 6) is -0.539. The molecular formula is C18H22ClFN4O3. The second-order valence-electron chi connectivity index (χ2n) is 6.64. The Hall–Kier alpha value is -2.00. The van der Waals surface area contributed by atoms with Gasteiger partial charge in [0.25, 0.3) is 5.91 Å². The van der Waals surface area contributed by atoms with Gasteiger partial charge in [-0.05, 0) is 25.1 Å². The van der Waals surface area contributed by atoms with Gasteiger partial charge in [-0.25, -0.2) is 9.37 Å². The van der Waals surface area contributed by atoms with Crippen molar-refractivity contribution in [2.45, 2.75) is 19.6 Å². The van der Waals surface area contributed by atoms with Crippen LogP contribution in [0.3, 0.4) is 0 Å². The van der Waals surface area contributed by atoms with Crippen LogP contribution in [0.2, 0.25) is 5.02 Å². The standard InChI is InChI=1S/C18H22ClFN4O3/c1-12(25)9-23-4-6-24(7-5-23)10-17-22-16(11-27-17)18(26)21-13-2-3-15(20)14(19)8-13/h2-3,8,11-12,25H,4-7,9-10H2,1H3,(H,21,26). The van der Waals surface area contributed by atoms with E-state index in [4.69, 9.17) is 16.0 Å². The van der Waals surface area contributed by atoms with Crippen LogP contribution in [0, 0.1) is 5.82 Å². The predicted molar refractivity (Wildman–Crippen MR) is 99.3 cm³/mol. The van der Waals surface area contributed by atoms with Crippen molar-refractivity contribution in [3.05, 3.63) is 46.9 Å². The molecule has 0 radical (unpaired) electrons. The van der Waals surface area contributed by atoms with Crippen LogP contribution in [0.4, 0.5) is 10.1 Å². The lowest BCUT2D eigenvalue weighted by Gasteiger charge is -2.34. The summed E-state index contributed by atoms with van der Waals surface area (Å²) in [7, 11) is 0. The molecule has 1 unspecified atom stereocenters. The lowest BCUT2D eigenvalue weighted by molar-refractivity contribution is 0.0747. The van der Waals surface area contributed by atoms with E-state index in [9.17, 15) is 14.3 Å². The molecule has 146 valence electrons. The monoisotopic (exact) mass is 396 g/mol. The summed E-state index contributed by atoms with van der Waals surface area (Å²) in [6, 6.07) is 3.94. The third kappa shape index (κ3) is 5.49. The molecule has 0 bridgehead atoms. The fourth-order valence-electron chi connectivity index (χ4n) is 2.95. The minimum absolute atomic E-state index is 0.0663. The molecule has 1 atom stereocenters. The maximum absolute atomic E-state index is 13.2. The summed E-state index contributed by atoms with van der Waals surface area (Å²) in [5, 5.41) is 12.0. The number of oxazole rings is 1. The van der Waals surface area contributed by atoms with Crippen molar-refractivity contribution in [1.82, 2.24) is 14.8 Å². The number of piperazine rings is 1. The number of halogens is 2. The molecule has 27 heavy (non-hydrogen) atoms. The Bertz CT molecular complexity index is 791. The first-order valence-corrected chi connectivity index (χ1v) is 9.12. The molecule has 7 nitrogen and oxygen atoms in total. The molecular weight excluding hydrogens is 375 g/mol. The molecule has 1 aliphatic rings. The Labute approximate surface area is 161 Å². The normalized spacial score (nSPS) is 17.0. The van der Waals surface area contributed by atoms with Crippen molar-refractivity contribution in [2.24, 2.45) is 0 Å². The van der Waals surface area contributed by atoms with Crippen LogP contribution in [0.15, 0.2) is 28.9 Å². The summed E-state index contributed by atoms with van der Waals surface area (Å²) in [6.07, 6.45) is 0.972. The van der Waals surface area contributed by atoms with Crippen LogP contribution in [0.1, 0.15) is 23.3 Å². The van der Waals surface area contributed by atoms with E-state index >= 15 is 0 Å². The van der Waals surface area contributed by atoms with E-state index in [0.717, 1.165) is 26.2 Å². The number of hydrogen-bond donors (Lipinski definition) is 2. The van der Waals surface area contributed by atoms with Gasteiger partial charge in [-0.15, -0.1) is 0 Å². The maximum Gasteiger partial charge on any atom is 0.277 e. The van der Waals surface area contributed by atoms with E-state index in [2.05, 4.69) is 20.1 Å². The lowest BCUT2D eigenvalue weighted by atomic mass is 10.3. The first kappa shape index (κ1) is 19.8. The quantitative estimate of drug-likeness (QED) is 0.779. The van der Waals surface area contributed by atoms with Crippen molar-refractivity contribution in [3.8, 4) is 0 Å². The van der Waals surface area contributed by atoms with E-state index in [1.54, 1.807) is 6.92 Å². The van der Waals surface area contributed by atoms with Gasteiger partial charge in [-0.3, -0.25) is 14.6 Å². The SMILES string of the molecule is CC(O)CN1CCN(Cc2nc(C(=O)Nc3ccc(F)c(Cl)c3)co2)CC1. The topological polar surface area (TPSA) is 81.8 Å². The number of anilines is 1. The zero-order valence-corrected chi connectivity index (χ0v) is 15.7. The summed E-state index contributed by atoms with van der Waals surface area (Å²) in [4.78, 5) is 20.9. The Morgan fingerprint density at radius 2 is 2.07 bits per heavy atom. The van der Waals surface area contributed by atoms with Gasteiger partial charge in [0.05, 0.1) is 17.7 Å². The van der Waals surface area contributed by atoms with Gasteiger partial charge < -0.3 is 14.8 Å². The molecule has 2 heterocycles. The number of aliphatic hydroxyl groups is 1. The first-order chi connectivity index (χ1) is 12.9. The molecule has 3 rings (SSSR count). The highest BCUT2D eigenvalue weighted by molar-refractivity contribution is 6.31. The summed E-state index contributed by atoms with van der Waals surface area (Å²) in [5.41, 5.74) is 0.531. The zero-order chi connectivity index (χ0) is 19.4. The van der Waals surface area contributed by atoms with E-state index in [-0.39, 0.29) is 16.8 Å². The second-order valence-corrected chi connectivity index (χ2v) is 7.04. The van der Waals surface area contributed by atoms with Crippen molar-refractivity contribution in [1.29, 1.82) is 0 Å². The van der Waals surface area contributed by atoms with Crippen LogP contribution < -0.4 is 5.32 Å². The molecule has 0 spiro atoms. The Balaban J connectivity index is 1.52. The smallest absolute Gasteiger partial charge is 0.277 e. The van der Waals surface area contributed by atoms with Gasteiger partial charge in [-0.1, -0.05) is 11.6 Å². The number of carbonyl (C=O) groups excluding carboxylic acids is 1. The maximum atomic E-state index is 13.2. The molecule has 1 aromatic carbocycles. The predicted octanol–water partition coefficient (Wildman–Crippen LogP) is 2.22. The molecule has 1 saturated heterocycles. The molecule has 0 aliphatic carbocycles. The number of amides is 1. The van der Waals surface area contributed by atoms with E-state index < -0.39 is 11.7 Å². The Morgan fingerprint density at radius 1 is 1.37 bits per heavy atom. The van der Waals surface area contributed by atoms with Crippen molar-refractivity contribution in [2.75, 3.05) is 38.0 Å². The highest BCUT2D eigenvalue weighted by atomic mass is 35.5. The summed E-state index contributed by atoms with van der Waals surface area (Å²) < 4.78 is 18.6. The summed E-state index contributed by atoms with van der Waals surface area (Å²) in [6.45, 7) is 6.37. The van der Waals surface area contributed by atoms with Crippen molar-refractivity contribution >= 4 is 23.2 Å². The molecule has 1 amide bonds. The summed E-state index contributed by atoms with van der Waals surface area (Å²) >= 11 is 5.71. The van der Waals surface area contributed by atoms with Crippen molar-refractivity contribution in [3.63, 3.8) is 0 Å². The Kier molecular flexibility index (Phi) is 6.43. The number of benzene rings is 1. The molecule has 1 aromatic heterocycles. The minimum Gasteiger partial charge on any atom is -0.447 e. The van der Waals surface area contributed by atoms with Gasteiger partial charge in [-0.2, -0.15) is 0 Å². The fraction of sp³-hybridized carbons (Fsp3) is 0.444. The van der Waals surface area contributed by atoms with Crippen LogP contribution in [-0.2, 0) is 6.54 Å². The third-order valence-electron chi connectivity index (χ3n) is 4.31. The highest BCUT2D eigenvalue weighted by Crippen LogP contribution is 2.20. The van der Waals surface area contributed by atoms with Crippen LogP contribution >= 0.6 is 11.6 Å². The molecule has 9 heteroatoms. The van der Waals surface area contributed by atoms with Gasteiger partial charge >= 0.3 is 0 Å². The number of rotatable bonds is 6. The number of β-amino-alcohol motifs (C(OH)–C–C–N with tert-alkyl or cyclic N) is 1. The number of hydrogen-bond acceptors (Lipinski definition) is 6. The number of aromatic nitrogens is 1. The first-order valence-electron chi connectivity index (χ1n) is 8.74. The molecule has 2 aromatic rings. The number of aliphatic hydroxyl groups excluding tert-OH is 1. The third-order valence-corrected chi connectivity index (χ3v) is 4.60. The van der Waals surface area contributed by atoms with E-state index in [1.165, 1.54) is 24.5 Å². The fourth-order valence-corrected chi connectivity index (χ4v) is 3.13. The van der Waals surface area contributed by atoms with Gasteiger partial charge in [0.15, 0.2) is 5.69 Å². The van der Waals surface area contributed by atoms with Gasteiger partial charge in [0.1, 0.15) is 12.1 Å². The number of nitrogens with one attached hydrogen (secondary N) is 1. The van der Waals surface area contributed by atoms with Crippen LogP contribution in [-0.4, -0.2) is 64.6 Å². The lowest BCUT2D eigenvalue weighted by Crippen LogP contribution is -2.47. The van der Waals surface area contributed by atoms with Gasteiger partial charge in [0, 0.05) is 38.4 Å². The van der Waals surface area contributed by atoms with Gasteiger partial charge in [0.2, 0.25) is 5.89 Å². The highest BCUT2D eigenvalue weighted by Gasteiger charge is 2.20. The number of carbonyl (C=O) groups is 1. The van der Waals surface area contributed by atoms with Crippen LogP contribution in [0.5, 0.6) is 0 Å². The second kappa shape index (κ2) is 8.79. The molecule has 0 saturated carbocycles. The minimum atomic E-state index is -0.549. The molecule has 1 fully saturated rings. The van der Waals surface area contributed by atoms with E-state index in [0.29, 0.717) is 24.7 Å². The average Bonchev–Trinajstić information content (AvgIpc) is 3.08. The largest absolute Gasteiger partial charge is 0.447 e.